The van der Waals surface area contributed by atoms with Crippen LogP contribution in [0.3, 0.4) is 0 Å². The fourth-order valence-corrected chi connectivity index (χ4v) is 1.62. The molecule has 0 N–H and O–H groups in total. The van der Waals surface area contributed by atoms with E-state index in [0.717, 1.165) is 5.33 Å². The number of halogens is 1. The highest BCUT2D eigenvalue weighted by Crippen LogP contribution is 2.26. The van der Waals surface area contributed by atoms with Crippen LogP contribution >= 0.6 is 15.9 Å². The average Bonchev–Trinajstić information content (AvgIpc) is 2.18. The molecule has 1 heteroatoms. The van der Waals surface area contributed by atoms with Crippen molar-refractivity contribution in [3.05, 3.63) is 35.4 Å². The minimum absolute atomic E-state index is 0.310. The van der Waals surface area contributed by atoms with Crippen LogP contribution < -0.4 is 0 Å². The maximum absolute atomic E-state index is 3.45. The lowest BCUT2D eigenvalue weighted by Crippen LogP contribution is -2.15. The standard InChI is InChI=1S/C12H17Br/c1-4-12(2,3)11-7-5-10(9-13)6-8-11/h5-8H,4,9H2,1-3H3. The molecule has 1 aromatic rings. The van der Waals surface area contributed by atoms with Crippen LogP contribution in [0.5, 0.6) is 0 Å². The summed E-state index contributed by atoms with van der Waals surface area (Å²) in [5, 5.41) is 0.944. The monoisotopic (exact) mass is 240 g/mol. The highest BCUT2D eigenvalue weighted by molar-refractivity contribution is 9.08. The van der Waals surface area contributed by atoms with E-state index in [1.54, 1.807) is 0 Å². The number of rotatable bonds is 3. The second-order valence-corrected chi connectivity index (χ2v) is 4.63. The van der Waals surface area contributed by atoms with Crippen LogP contribution in [0, 0.1) is 0 Å². The van der Waals surface area contributed by atoms with Gasteiger partial charge in [-0.25, -0.2) is 0 Å². The molecular weight excluding hydrogens is 224 g/mol. The van der Waals surface area contributed by atoms with Gasteiger partial charge in [-0.15, -0.1) is 0 Å². The van der Waals surface area contributed by atoms with Crippen molar-refractivity contribution in [1.82, 2.24) is 0 Å². The number of hydrogen-bond donors (Lipinski definition) is 0. The fourth-order valence-electron chi connectivity index (χ4n) is 1.25. The summed E-state index contributed by atoms with van der Waals surface area (Å²) in [6, 6.07) is 8.86. The Morgan fingerprint density at radius 1 is 1.15 bits per heavy atom. The molecule has 13 heavy (non-hydrogen) atoms. The molecule has 0 spiro atoms. The lowest BCUT2D eigenvalue weighted by Gasteiger charge is -2.23. The third kappa shape index (κ3) is 2.57. The zero-order valence-corrected chi connectivity index (χ0v) is 10.2. The van der Waals surface area contributed by atoms with Crippen molar-refractivity contribution in [2.75, 3.05) is 0 Å². The Balaban J connectivity index is 2.92. The highest BCUT2D eigenvalue weighted by atomic mass is 79.9. The lowest BCUT2D eigenvalue weighted by atomic mass is 9.82. The number of alkyl halides is 1. The zero-order valence-electron chi connectivity index (χ0n) is 8.60. The summed E-state index contributed by atoms with van der Waals surface area (Å²) in [5.74, 6) is 0. The SMILES string of the molecule is CCC(C)(C)c1ccc(CBr)cc1. The molecule has 0 nitrogen and oxygen atoms in total. The van der Waals surface area contributed by atoms with Gasteiger partial charge in [-0.2, -0.15) is 0 Å². The Morgan fingerprint density at radius 2 is 1.69 bits per heavy atom. The summed E-state index contributed by atoms with van der Waals surface area (Å²) in [4.78, 5) is 0. The zero-order chi connectivity index (χ0) is 9.90. The third-order valence-electron chi connectivity index (χ3n) is 2.77. The largest absolute Gasteiger partial charge is 0.0876 e. The molecule has 0 atom stereocenters. The van der Waals surface area contributed by atoms with E-state index in [4.69, 9.17) is 0 Å². The minimum atomic E-state index is 0.310. The van der Waals surface area contributed by atoms with Crippen molar-refractivity contribution in [3.63, 3.8) is 0 Å². The summed E-state index contributed by atoms with van der Waals surface area (Å²) in [6.07, 6.45) is 1.18. The Morgan fingerprint density at radius 3 is 2.08 bits per heavy atom. The fraction of sp³-hybridized carbons (Fsp3) is 0.500. The van der Waals surface area contributed by atoms with Gasteiger partial charge in [0.25, 0.3) is 0 Å². The first-order chi connectivity index (χ1) is 6.10. The highest BCUT2D eigenvalue weighted by Gasteiger charge is 2.16. The van der Waals surface area contributed by atoms with Crippen LogP contribution in [0.2, 0.25) is 0 Å². The lowest BCUT2D eigenvalue weighted by molar-refractivity contribution is 0.506. The summed E-state index contributed by atoms with van der Waals surface area (Å²) in [6.45, 7) is 6.81. The van der Waals surface area contributed by atoms with Gasteiger partial charge in [0.1, 0.15) is 0 Å². The van der Waals surface area contributed by atoms with Crippen molar-refractivity contribution in [3.8, 4) is 0 Å². The van der Waals surface area contributed by atoms with Crippen LogP contribution in [0.15, 0.2) is 24.3 Å². The van der Waals surface area contributed by atoms with Gasteiger partial charge in [0.05, 0.1) is 0 Å². The summed E-state index contributed by atoms with van der Waals surface area (Å²) in [7, 11) is 0. The number of benzene rings is 1. The summed E-state index contributed by atoms with van der Waals surface area (Å²) in [5.41, 5.74) is 3.08. The molecule has 0 bridgehead atoms. The second kappa shape index (κ2) is 4.28. The van der Waals surface area contributed by atoms with E-state index in [2.05, 4.69) is 61.0 Å². The van der Waals surface area contributed by atoms with Gasteiger partial charge in [-0.05, 0) is 23.0 Å². The van der Waals surface area contributed by atoms with E-state index >= 15 is 0 Å². The Kier molecular flexibility index (Phi) is 3.55. The van der Waals surface area contributed by atoms with E-state index in [1.165, 1.54) is 17.5 Å². The molecule has 0 aliphatic heterocycles. The van der Waals surface area contributed by atoms with E-state index < -0.39 is 0 Å². The number of hydrogen-bond acceptors (Lipinski definition) is 0. The predicted octanol–water partition coefficient (Wildman–Crippen LogP) is 4.27. The smallest absolute Gasteiger partial charge is 0.0283 e. The van der Waals surface area contributed by atoms with E-state index in [1.807, 2.05) is 0 Å². The first-order valence-corrected chi connectivity index (χ1v) is 5.87. The molecule has 0 aliphatic carbocycles. The normalized spacial score (nSPS) is 11.7. The van der Waals surface area contributed by atoms with Crippen molar-refractivity contribution >= 4 is 15.9 Å². The first kappa shape index (κ1) is 10.8. The Labute approximate surface area is 89.5 Å². The van der Waals surface area contributed by atoms with Crippen LogP contribution in [-0.2, 0) is 10.7 Å². The second-order valence-electron chi connectivity index (χ2n) is 4.07. The molecule has 0 saturated carbocycles. The molecular formula is C12H17Br. The molecule has 0 amide bonds. The molecule has 0 unspecified atom stereocenters. The topological polar surface area (TPSA) is 0 Å². The van der Waals surface area contributed by atoms with Gasteiger partial charge in [-0.1, -0.05) is 61.0 Å². The Hall–Kier alpha value is -0.300. The molecule has 0 radical (unpaired) electrons. The van der Waals surface area contributed by atoms with Crippen LogP contribution in [0.4, 0.5) is 0 Å². The molecule has 0 heterocycles. The molecule has 0 fully saturated rings. The molecule has 1 aromatic carbocycles. The van der Waals surface area contributed by atoms with E-state index in [-0.39, 0.29) is 0 Å². The van der Waals surface area contributed by atoms with Crippen molar-refractivity contribution < 1.29 is 0 Å². The van der Waals surface area contributed by atoms with E-state index in [0.29, 0.717) is 5.41 Å². The molecule has 0 saturated heterocycles. The van der Waals surface area contributed by atoms with Gasteiger partial charge in [0.15, 0.2) is 0 Å². The third-order valence-corrected chi connectivity index (χ3v) is 3.42. The minimum Gasteiger partial charge on any atom is -0.0876 e. The van der Waals surface area contributed by atoms with Gasteiger partial charge >= 0.3 is 0 Å². The first-order valence-electron chi connectivity index (χ1n) is 4.75. The maximum atomic E-state index is 3.45. The van der Waals surface area contributed by atoms with Crippen molar-refractivity contribution in [1.29, 1.82) is 0 Å². The van der Waals surface area contributed by atoms with Crippen LogP contribution in [-0.4, -0.2) is 0 Å². The molecule has 0 aromatic heterocycles. The van der Waals surface area contributed by atoms with Gasteiger partial charge in [-0.3, -0.25) is 0 Å². The predicted molar refractivity (Wildman–Crippen MR) is 62.4 cm³/mol. The van der Waals surface area contributed by atoms with Crippen LogP contribution in [0.25, 0.3) is 0 Å². The van der Waals surface area contributed by atoms with Crippen molar-refractivity contribution in [2.24, 2.45) is 0 Å². The molecule has 72 valence electrons. The summed E-state index contributed by atoms with van der Waals surface area (Å²) < 4.78 is 0. The molecule has 0 aliphatic rings. The van der Waals surface area contributed by atoms with Crippen molar-refractivity contribution in [2.45, 2.75) is 37.9 Å². The quantitative estimate of drug-likeness (QED) is 0.693. The summed E-state index contributed by atoms with van der Waals surface area (Å²) >= 11 is 3.45. The van der Waals surface area contributed by atoms with Gasteiger partial charge in [0, 0.05) is 5.33 Å². The van der Waals surface area contributed by atoms with Crippen LogP contribution in [0.1, 0.15) is 38.3 Å². The average molecular weight is 241 g/mol. The van der Waals surface area contributed by atoms with Gasteiger partial charge in [0.2, 0.25) is 0 Å². The maximum Gasteiger partial charge on any atom is 0.0283 e. The molecule has 1 rings (SSSR count). The Bertz CT molecular complexity index is 259. The van der Waals surface area contributed by atoms with Gasteiger partial charge < -0.3 is 0 Å². The van der Waals surface area contributed by atoms with E-state index in [9.17, 15) is 0 Å².